The van der Waals surface area contributed by atoms with E-state index >= 15 is 0 Å². The van der Waals surface area contributed by atoms with E-state index in [1.54, 1.807) is 0 Å². The topological polar surface area (TPSA) is 70.7 Å². The highest BCUT2D eigenvalue weighted by Gasteiger charge is 2.48. The summed E-state index contributed by atoms with van der Waals surface area (Å²) < 4.78 is 5.37. The smallest absolute Gasteiger partial charge is 0.322 e. The molecule has 2 heterocycles. The highest BCUT2D eigenvalue weighted by atomic mass is 16.5. The molecule has 2 rings (SSSR count). The average Bonchev–Trinajstić information content (AvgIpc) is 2.65. The molecule has 0 radical (unpaired) electrons. The predicted octanol–water partition coefficient (Wildman–Crippen LogP) is 0.333. The van der Waals surface area contributed by atoms with Crippen LogP contribution in [0.4, 0.5) is 4.79 Å². The molecule has 0 aromatic heterocycles. The summed E-state index contributed by atoms with van der Waals surface area (Å²) in [5, 5.41) is 5.12. The number of piperidine rings is 1. The normalized spacial score (nSPS) is 32.2. The molecule has 108 valence electrons. The molecule has 2 N–H and O–H groups in total. The van der Waals surface area contributed by atoms with E-state index in [9.17, 15) is 9.59 Å². The zero-order valence-electron chi connectivity index (χ0n) is 11.7. The number of ether oxygens (including phenoxy) is 1. The van der Waals surface area contributed by atoms with Gasteiger partial charge in [0.1, 0.15) is 5.54 Å². The molecule has 0 aliphatic carbocycles. The molecule has 3 amide bonds. The lowest BCUT2D eigenvalue weighted by Crippen LogP contribution is -2.56. The molecule has 2 atom stereocenters. The van der Waals surface area contributed by atoms with E-state index in [0.717, 1.165) is 45.7 Å². The molecule has 2 saturated heterocycles. The Bertz CT molecular complexity index is 361. The van der Waals surface area contributed by atoms with E-state index in [4.69, 9.17) is 4.74 Å². The van der Waals surface area contributed by atoms with Crippen molar-refractivity contribution < 1.29 is 14.3 Å². The van der Waals surface area contributed by atoms with Crippen LogP contribution in [0.1, 0.15) is 26.7 Å². The molecule has 6 nitrogen and oxygen atoms in total. The Morgan fingerprint density at radius 1 is 1.47 bits per heavy atom. The molecule has 19 heavy (non-hydrogen) atoms. The third-order valence-electron chi connectivity index (χ3n) is 4.15. The van der Waals surface area contributed by atoms with Crippen LogP contribution in [0.2, 0.25) is 0 Å². The first-order chi connectivity index (χ1) is 9.06. The van der Waals surface area contributed by atoms with Crippen LogP contribution in [0.5, 0.6) is 0 Å². The van der Waals surface area contributed by atoms with E-state index in [1.165, 1.54) is 0 Å². The standard InChI is InChI=1S/C13H23N3O3/c1-3-19-8-7-16-6-4-5-10(9-16)13(2)11(17)14-12(18)15-13/h10H,3-9H2,1-2H3,(H2,14,15,17,18)/t10-,13-/m0/s1. The molecule has 0 aromatic rings. The van der Waals surface area contributed by atoms with Crippen molar-refractivity contribution in [2.75, 3.05) is 32.8 Å². The van der Waals surface area contributed by atoms with Crippen molar-refractivity contribution in [3.63, 3.8) is 0 Å². The van der Waals surface area contributed by atoms with Gasteiger partial charge in [0.05, 0.1) is 6.61 Å². The molecular weight excluding hydrogens is 246 g/mol. The summed E-state index contributed by atoms with van der Waals surface area (Å²) in [7, 11) is 0. The van der Waals surface area contributed by atoms with Crippen LogP contribution >= 0.6 is 0 Å². The van der Waals surface area contributed by atoms with Crippen molar-refractivity contribution in [1.82, 2.24) is 15.5 Å². The van der Waals surface area contributed by atoms with Crippen LogP contribution in [0.25, 0.3) is 0 Å². The fraction of sp³-hybridized carbons (Fsp3) is 0.846. The predicted molar refractivity (Wildman–Crippen MR) is 70.7 cm³/mol. The van der Waals surface area contributed by atoms with Gasteiger partial charge in [-0.1, -0.05) is 0 Å². The summed E-state index contributed by atoms with van der Waals surface area (Å²) in [5.41, 5.74) is -0.763. The number of hydrogen-bond acceptors (Lipinski definition) is 4. The van der Waals surface area contributed by atoms with Gasteiger partial charge in [-0.3, -0.25) is 10.1 Å². The van der Waals surface area contributed by atoms with Crippen LogP contribution in [0.15, 0.2) is 0 Å². The maximum Gasteiger partial charge on any atom is 0.322 e. The number of urea groups is 1. The van der Waals surface area contributed by atoms with Crippen molar-refractivity contribution >= 4 is 11.9 Å². The maximum absolute atomic E-state index is 11.9. The fourth-order valence-corrected chi connectivity index (χ4v) is 2.91. The lowest BCUT2D eigenvalue weighted by molar-refractivity contribution is -0.126. The maximum atomic E-state index is 11.9. The Kier molecular flexibility index (Phi) is 4.42. The zero-order chi connectivity index (χ0) is 13.9. The SMILES string of the molecule is CCOCCN1CCC[C@H]([C@]2(C)NC(=O)NC2=O)C1. The molecule has 0 unspecified atom stereocenters. The van der Waals surface area contributed by atoms with Gasteiger partial charge in [-0.15, -0.1) is 0 Å². The van der Waals surface area contributed by atoms with E-state index in [1.807, 2.05) is 13.8 Å². The molecular formula is C13H23N3O3. The van der Waals surface area contributed by atoms with Gasteiger partial charge in [0.15, 0.2) is 0 Å². The minimum Gasteiger partial charge on any atom is -0.380 e. The first-order valence-corrected chi connectivity index (χ1v) is 7.00. The number of imide groups is 1. The van der Waals surface area contributed by atoms with Gasteiger partial charge in [0.25, 0.3) is 5.91 Å². The van der Waals surface area contributed by atoms with Gasteiger partial charge in [0.2, 0.25) is 0 Å². The summed E-state index contributed by atoms with van der Waals surface area (Å²) in [6.45, 7) is 8.01. The number of hydrogen-bond donors (Lipinski definition) is 2. The molecule has 0 bridgehead atoms. The van der Waals surface area contributed by atoms with Crippen LogP contribution in [0, 0.1) is 5.92 Å². The van der Waals surface area contributed by atoms with Gasteiger partial charge in [-0.2, -0.15) is 0 Å². The number of likely N-dealkylation sites (tertiary alicyclic amines) is 1. The second-order valence-corrected chi connectivity index (χ2v) is 5.45. The van der Waals surface area contributed by atoms with E-state index in [-0.39, 0.29) is 17.9 Å². The lowest BCUT2D eigenvalue weighted by atomic mass is 9.80. The monoisotopic (exact) mass is 269 g/mol. The number of carbonyl (C=O) groups is 2. The second-order valence-electron chi connectivity index (χ2n) is 5.45. The Hall–Kier alpha value is -1.14. The summed E-state index contributed by atoms with van der Waals surface area (Å²) in [6.07, 6.45) is 2.02. The number of amides is 3. The molecule has 0 aromatic carbocycles. The molecule has 6 heteroatoms. The van der Waals surface area contributed by atoms with Gasteiger partial charge in [0, 0.05) is 25.6 Å². The minimum atomic E-state index is -0.763. The van der Waals surface area contributed by atoms with Crippen molar-refractivity contribution in [2.24, 2.45) is 5.92 Å². The summed E-state index contributed by atoms with van der Waals surface area (Å²) in [5.74, 6) is -0.0384. The summed E-state index contributed by atoms with van der Waals surface area (Å²) in [6, 6.07) is -0.376. The highest BCUT2D eigenvalue weighted by Crippen LogP contribution is 2.29. The van der Waals surface area contributed by atoms with Gasteiger partial charge in [-0.25, -0.2) is 4.79 Å². The molecule has 2 fully saturated rings. The van der Waals surface area contributed by atoms with E-state index < -0.39 is 5.54 Å². The molecule has 0 spiro atoms. The van der Waals surface area contributed by atoms with Gasteiger partial charge in [-0.05, 0) is 33.2 Å². The van der Waals surface area contributed by atoms with Crippen LogP contribution in [-0.2, 0) is 9.53 Å². The number of nitrogens with zero attached hydrogens (tertiary/aromatic N) is 1. The third-order valence-corrected chi connectivity index (χ3v) is 4.15. The Balaban J connectivity index is 1.93. The van der Waals surface area contributed by atoms with Crippen LogP contribution in [-0.4, -0.2) is 55.2 Å². The quantitative estimate of drug-likeness (QED) is 0.557. The first kappa shape index (κ1) is 14.3. The van der Waals surface area contributed by atoms with E-state index in [2.05, 4.69) is 15.5 Å². The van der Waals surface area contributed by atoms with Gasteiger partial charge < -0.3 is 15.0 Å². The number of nitrogens with one attached hydrogen (secondary N) is 2. The Labute approximate surface area is 113 Å². The number of carbonyl (C=O) groups excluding carboxylic acids is 2. The van der Waals surface area contributed by atoms with Crippen molar-refractivity contribution in [3.05, 3.63) is 0 Å². The first-order valence-electron chi connectivity index (χ1n) is 7.00. The summed E-state index contributed by atoms with van der Waals surface area (Å²) >= 11 is 0. The summed E-state index contributed by atoms with van der Waals surface area (Å²) in [4.78, 5) is 25.6. The Morgan fingerprint density at radius 2 is 2.26 bits per heavy atom. The van der Waals surface area contributed by atoms with Crippen molar-refractivity contribution in [1.29, 1.82) is 0 Å². The minimum absolute atomic E-state index is 0.161. The molecule has 2 aliphatic heterocycles. The average molecular weight is 269 g/mol. The van der Waals surface area contributed by atoms with Crippen LogP contribution in [0.3, 0.4) is 0 Å². The Morgan fingerprint density at radius 3 is 2.89 bits per heavy atom. The largest absolute Gasteiger partial charge is 0.380 e. The lowest BCUT2D eigenvalue weighted by Gasteiger charge is -2.39. The zero-order valence-corrected chi connectivity index (χ0v) is 11.7. The second kappa shape index (κ2) is 5.88. The highest BCUT2D eigenvalue weighted by molar-refractivity contribution is 6.06. The van der Waals surface area contributed by atoms with Crippen molar-refractivity contribution in [2.45, 2.75) is 32.2 Å². The number of rotatable bonds is 5. The fourth-order valence-electron chi connectivity index (χ4n) is 2.91. The third kappa shape index (κ3) is 3.06. The van der Waals surface area contributed by atoms with Crippen molar-refractivity contribution in [3.8, 4) is 0 Å². The van der Waals surface area contributed by atoms with E-state index in [0.29, 0.717) is 0 Å². The molecule has 2 aliphatic rings. The van der Waals surface area contributed by atoms with Crippen LogP contribution < -0.4 is 10.6 Å². The van der Waals surface area contributed by atoms with Gasteiger partial charge >= 0.3 is 6.03 Å². The molecule has 0 saturated carbocycles.